The molecule has 23 heavy (non-hydrogen) atoms. The summed E-state index contributed by atoms with van der Waals surface area (Å²) in [7, 11) is 0. The molecule has 0 amide bonds. The van der Waals surface area contributed by atoms with Crippen LogP contribution in [0.2, 0.25) is 0 Å². The highest BCUT2D eigenvalue weighted by molar-refractivity contribution is 5.36. The van der Waals surface area contributed by atoms with Gasteiger partial charge in [-0.1, -0.05) is 24.3 Å². The number of nitrogens with zero attached hydrogens (tertiary/aromatic N) is 3. The van der Waals surface area contributed by atoms with Crippen LogP contribution in [0.15, 0.2) is 18.3 Å². The Balaban J connectivity index is 1.83. The van der Waals surface area contributed by atoms with Gasteiger partial charge in [-0.15, -0.1) is 5.10 Å². The molecule has 1 heterocycles. The summed E-state index contributed by atoms with van der Waals surface area (Å²) >= 11 is 0. The monoisotopic (exact) mass is 317 g/mol. The number of hydrogen-bond donors (Lipinski definition) is 0. The number of aryl methyl sites for hydroxylation is 2. The second kappa shape index (κ2) is 8.79. The fraction of sp³-hybridized carbons (Fsp3) is 0.556. The van der Waals surface area contributed by atoms with E-state index in [4.69, 9.17) is 9.47 Å². The molecule has 0 fully saturated rings. The summed E-state index contributed by atoms with van der Waals surface area (Å²) in [4.78, 5) is 0. The van der Waals surface area contributed by atoms with Crippen molar-refractivity contribution in [3.8, 4) is 0 Å². The highest BCUT2D eigenvalue weighted by Crippen LogP contribution is 2.16. The topological polar surface area (TPSA) is 49.2 Å². The fourth-order valence-corrected chi connectivity index (χ4v) is 2.43. The smallest absolute Gasteiger partial charge is 0.108 e. The SMILES string of the molecule is CCCOCCOCc1cn(Cc2cc(C)c(C)c(C)c2)nn1. The third-order valence-electron chi connectivity index (χ3n) is 3.89. The van der Waals surface area contributed by atoms with Crippen molar-refractivity contribution in [3.05, 3.63) is 46.3 Å². The molecule has 2 rings (SSSR count). The second-order valence-electron chi connectivity index (χ2n) is 5.93. The van der Waals surface area contributed by atoms with Gasteiger partial charge in [0, 0.05) is 6.61 Å². The van der Waals surface area contributed by atoms with Crippen molar-refractivity contribution < 1.29 is 9.47 Å². The molecule has 2 aromatic rings. The molecule has 0 spiro atoms. The molecule has 126 valence electrons. The first-order chi connectivity index (χ1) is 11.1. The van der Waals surface area contributed by atoms with E-state index in [2.05, 4.69) is 50.1 Å². The Morgan fingerprint density at radius 2 is 1.70 bits per heavy atom. The predicted molar refractivity (Wildman–Crippen MR) is 90.5 cm³/mol. The summed E-state index contributed by atoms with van der Waals surface area (Å²) in [6, 6.07) is 4.43. The minimum Gasteiger partial charge on any atom is -0.379 e. The average molecular weight is 317 g/mol. The third kappa shape index (κ3) is 5.44. The molecular weight excluding hydrogens is 290 g/mol. The molecule has 0 aliphatic rings. The lowest BCUT2D eigenvalue weighted by molar-refractivity contribution is 0.0397. The molecule has 5 heteroatoms. The first-order valence-electron chi connectivity index (χ1n) is 8.21. The minimum atomic E-state index is 0.474. The third-order valence-corrected chi connectivity index (χ3v) is 3.89. The van der Waals surface area contributed by atoms with E-state index in [-0.39, 0.29) is 0 Å². The van der Waals surface area contributed by atoms with Crippen LogP contribution in [0.5, 0.6) is 0 Å². The Hall–Kier alpha value is -1.72. The van der Waals surface area contributed by atoms with E-state index in [1.54, 1.807) is 0 Å². The van der Waals surface area contributed by atoms with E-state index in [0.717, 1.165) is 25.3 Å². The van der Waals surface area contributed by atoms with Crippen LogP contribution in [0.25, 0.3) is 0 Å². The van der Waals surface area contributed by atoms with Gasteiger partial charge in [0.1, 0.15) is 5.69 Å². The van der Waals surface area contributed by atoms with Crippen LogP contribution in [0.1, 0.15) is 41.3 Å². The summed E-state index contributed by atoms with van der Waals surface area (Å²) in [6.45, 7) is 11.7. The van der Waals surface area contributed by atoms with Gasteiger partial charge in [0.25, 0.3) is 0 Å². The van der Waals surface area contributed by atoms with Gasteiger partial charge < -0.3 is 9.47 Å². The number of ether oxygens (including phenoxy) is 2. The lowest BCUT2D eigenvalue weighted by Gasteiger charge is -2.08. The molecule has 1 aromatic carbocycles. The van der Waals surface area contributed by atoms with Gasteiger partial charge >= 0.3 is 0 Å². The van der Waals surface area contributed by atoms with Gasteiger partial charge in [0.05, 0.1) is 32.6 Å². The second-order valence-corrected chi connectivity index (χ2v) is 5.93. The Labute approximate surface area is 138 Å². The summed E-state index contributed by atoms with van der Waals surface area (Å²) < 4.78 is 12.8. The van der Waals surface area contributed by atoms with E-state index in [0.29, 0.717) is 19.8 Å². The van der Waals surface area contributed by atoms with E-state index < -0.39 is 0 Å². The molecule has 0 atom stereocenters. The van der Waals surface area contributed by atoms with Crippen molar-refractivity contribution in [1.29, 1.82) is 0 Å². The van der Waals surface area contributed by atoms with Crippen molar-refractivity contribution >= 4 is 0 Å². The van der Waals surface area contributed by atoms with Gasteiger partial charge in [0.15, 0.2) is 0 Å². The van der Waals surface area contributed by atoms with Crippen LogP contribution in [-0.4, -0.2) is 34.8 Å². The van der Waals surface area contributed by atoms with Gasteiger partial charge in [-0.05, 0) is 49.4 Å². The molecule has 1 aromatic heterocycles. The molecule has 0 aliphatic carbocycles. The van der Waals surface area contributed by atoms with Gasteiger partial charge in [-0.3, -0.25) is 0 Å². The minimum absolute atomic E-state index is 0.474. The van der Waals surface area contributed by atoms with E-state index in [1.165, 1.54) is 22.3 Å². The van der Waals surface area contributed by atoms with Crippen LogP contribution in [0.4, 0.5) is 0 Å². The molecule has 0 radical (unpaired) electrons. The molecule has 0 saturated heterocycles. The number of hydrogen-bond acceptors (Lipinski definition) is 4. The first kappa shape index (κ1) is 17.6. The number of rotatable bonds is 9. The molecule has 5 nitrogen and oxygen atoms in total. The summed E-state index contributed by atoms with van der Waals surface area (Å²) in [5.41, 5.74) is 6.08. The quantitative estimate of drug-likeness (QED) is 0.666. The maximum Gasteiger partial charge on any atom is 0.108 e. The van der Waals surface area contributed by atoms with Crippen molar-refractivity contribution in [2.75, 3.05) is 19.8 Å². The normalized spacial score (nSPS) is 11.1. The van der Waals surface area contributed by atoms with Crippen molar-refractivity contribution in [1.82, 2.24) is 15.0 Å². The van der Waals surface area contributed by atoms with Crippen molar-refractivity contribution in [3.63, 3.8) is 0 Å². The summed E-state index contributed by atoms with van der Waals surface area (Å²) in [5, 5.41) is 8.33. The standard InChI is InChI=1S/C18H27N3O2/c1-5-6-22-7-8-23-13-18-12-21(20-19-18)11-17-9-14(2)16(4)15(3)10-17/h9-10,12H,5-8,11,13H2,1-4H3. The zero-order valence-corrected chi connectivity index (χ0v) is 14.6. The molecule has 0 bridgehead atoms. The lowest BCUT2D eigenvalue weighted by Crippen LogP contribution is -2.05. The van der Waals surface area contributed by atoms with Crippen LogP contribution in [0, 0.1) is 20.8 Å². The van der Waals surface area contributed by atoms with Crippen molar-refractivity contribution in [2.45, 2.75) is 47.3 Å². The van der Waals surface area contributed by atoms with Crippen LogP contribution < -0.4 is 0 Å². The Morgan fingerprint density at radius 1 is 1.00 bits per heavy atom. The first-order valence-corrected chi connectivity index (χ1v) is 8.21. The Bertz CT molecular complexity index is 599. The highest BCUT2D eigenvalue weighted by atomic mass is 16.5. The van der Waals surface area contributed by atoms with E-state index in [1.807, 2.05) is 10.9 Å². The molecule has 0 unspecified atom stereocenters. The van der Waals surface area contributed by atoms with Crippen molar-refractivity contribution in [2.24, 2.45) is 0 Å². The molecule has 0 saturated carbocycles. The van der Waals surface area contributed by atoms with Crippen LogP contribution >= 0.6 is 0 Å². The average Bonchev–Trinajstić information content (AvgIpc) is 2.95. The number of aromatic nitrogens is 3. The summed E-state index contributed by atoms with van der Waals surface area (Å²) in [5.74, 6) is 0. The zero-order valence-electron chi connectivity index (χ0n) is 14.6. The maximum atomic E-state index is 5.54. The predicted octanol–water partition coefficient (Wildman–Crippen LogP) is 3.19. The van der Waals surface area contributed by atoms with E-state index >= 15 is 0 Å². The molecule has 0 aliphatic heterocycles. The number of benzene rings is 1. The molecular formula is C18H27N3O2. The molecule has 0 N–H and O–H groups in total. The summed E-state index contributed by atoms with van der Waals surface area (Å²) in [6.07, 6.45) is 2.98. The Kier molecular flexibility index (Phi) is 6.74. The van der Waals surface area contributed by atoms with Crippen LogP contribution in [-0.2, 0) is 22.6 Å². The lowest BCUT2D eigenvalue weighted by atomic mass is 10.0. The fourth-order valence-electron chi connectivity index (χ4n) is 2.43. The van der Waals surface area contributed by atoms with E-state index in [9.17, 15) is 0 Å². The maximum absolute atomic E-state index is 5.54. The Morgan fingerprint density at radius 3 is 2.39 bits per heavy atom. The van der Waals surface area contributed by atoms with Gasteiger partial charge in [-0.25, -0.2) is 4.68 Å². The van der Waals surface area contributed by atoms with Gasteiger partial charge in [-0.2, -0.15) is 0 Å². The van der Waals surface area contributed by atoms with Crippen LogP contribution in [0.3, 0.4) is 0 Å². The van der Waals surface area contributed by atoms with Gasteiger partial charge in [0.2, 0.25) is 0 Å². The zero-order chi connectivity index (χ0) is 16.7. The largest absolute Gasteiger partial charge is 0.379 e. The highest BCUT2D eigenvalue weighted by Gasteiger charge is 2.05.